The quantitative estimate of drug-likeness (QED) is 0.767. The highest BCUT2D eigenvalue weighted by atomic mass is 16.5. The van der Waals surface area contributed by atoms with E-state index in [1.807, 2.05) is 0 Å². The van der Waals surface area contributed by atoms with E-state index in [9.17, 15) is 4.79 Å². The van der Waals surface area contributed by atoms with Crippen molar-refractivity contribution >= 4 is 5.97 Å². The first-order chi connectivity index (χ1) is 7.77. The third-order valence-corrected chi connectivity index (χ3v) is 1.95. The third kappa shape index (κ3) is 2.26. The van der Waals surface area contributed by atoms with E-state index in [0.717, 1.165) is 0 Å². The van der Waals surface area contributed by atoms with Crippen molar-refractivity contribution in [3.63, 3.8) is 0 Å². The van der Waals surface area contributed by atoms with Crippen LogP contribution in [0.25, 0.3) is 0 Å². The van der Waals surface area contributed by atoms with Crippen molar-refractivity contribution in [1.82, 2.24) is 15.5 Å². The molecule has 2 rings (SSSR count). The maximum atomic E-state index is 10.7. The van der Waals surface area contributed by atoms with Gasteiger partial charge >= 0.3 is 5.97 Å². The fraction of sp³-hybridized carbons (Fsp3) is 0.222. The number of furan rings is 1. The second-order valence-corrected chi connectivity index (χ2v) is 3.03. The van der Waals surface area contributed by atoms with Gasteiger partial charge in [-0.15, -0.1) is 0 Å². The molecule has 0 aliphatic rings. The molecule has 2 aromatic heterocycles. The van der Waals surface area contributed by atoms with Gasteiger partial charge in [-0.2, -0.15) is 4.98 Å². The summed E-state index contributed by atoms with van der Waals surface area (Å²) in [4.78, 5) is 14.5. The Morgan fingerprint density at radius 3 is 3.06 bits per heavy atom. The Kier molecular flexibility index (Phi) is 2.97. The molecule has 0 bridgehead atoms. The van der Waals surface area contributed by atoms with Crippen molar-refractivity contribution in [3.8, 4) is 0 Å². The van der Waals surface area contributed by atoms with Gasteiger partial charge in [0, 0.05) is 12.1 Å². The predicted molar refractivity (Wildman–Crippen MR) is 50.5 cm³/mol. The maximum Gasteiger partial charge on any atom is 0.372 e. The zero-order chi connectivity index (χ0) is 11.4. The molecular formula is C9H9N3O4. The standard InChI is InChI=1S/C9H9N3O4/c13-9(14)8-6(1-2-15-8)3-10-4-7-11-5-16-12-7/h1-2,5,10H,3-4H2,(H,13,14). The summed E-state index contributed by atoms with van der Waals surface area (Å²) in [7, 11) is 0. The van der Waals surface area contributed by atoms with E-state index >= 15 is 0 Å². The van der Waals surface area contributed by atoms with Gasteiger partial charge in [0.15, 0.2) is 5.82 Å². The Balaban J connectivity index is 1.90. The van der Waals surface area contributed by atoms with Crippen LogP contribution in [0.2, 0.25) is 0 Å². The summed E-state index contributed by atoms with van der Waals surface area (Å²) >= 11 is 0. The number of carboxylic acid groups (broad SMARTS) is 1. The summed E-state index contributed by atoms with van der Waals surface area (Å²) in [5.74, 6) is -0.623. The van der Waals surface area contributed by atoms with Gasteiger partial charge in [0.05, 0.1) is 12.8 Å². The van der Waals surface area contributed by atoms with Crippen molar-refractivity contribution in [3.05, 3.63) is 35.9 Å². The Morgan fingerprint density at radius 2 is 2.38 bits per heavy atom. The number of aromatic carboxylic acids is 1. The molecule has 0 saturated carbocycles. The number of carbonyl (C=O) groups is 1. The monoisotopic (exact) mass is 223 g/mol. The minimum absolute atomic E-state index is 0.0550. The number of hydrogen-bond acceptors (Lipinski definition) is 6. The molecule has 2 heterocycles. The zero-order valence-corrected chi connectivity index (χ0v) is 8.21. The van der Waals surface area contributed by atoms with Crippen LogP contribution in [0.1, 0.15) is 21.9 Å². The fourth-order valence-electron chi connectivity index (χ4n) is 1.24. The number of aromatic nitrogens is 2. The summed E-state index contributed by atoms with van der Waals surface area (Å²) in [5.41, 5.74) is 0.580. The average Bonchev–Trinajstić information content (AvgIpc) is 2.87. The van der Waals surface area contributed by atoms with Gasteiger partial charge < -0.3 is 19.4 Å². The van der Waals surface area contributed by atoms with Crippen LogP contribution in [0.5, 0.6) is 0 Å². The first-order valence-corrected chi connectivity index (χ1v) is 4.53. The lowest BCUT2D eigenvalue weighted by Gasteiger charge is -1.99. The lowest BCUT2D eigenvalue weighted by molar-refractivity contribution is 0.0660. The van der Waals surface area contributed by atoms with Crippen LogP contribution in [-0.2, 0) is 13.1 Å². The van der Waals surface area contributed by atoms with E-state index < -0.39 is 5.97 Å². The van der Waals surface area contributed by atoms with Crippen LogP contribution in [-0.4, -0.2) is 21.2 Å². The molecule has 16 heavy (non-hydrogen) atoms. The second kappa shape index (κ2) is 4.58. The van der Waals surface area contributed by atoms with Crippen LogP contribution in [0.4, 0.5) is 0 Å². The Labute approximate surface area is 90.1 Å². The van der Waals surface area contributed by atoms with Gasteiger partial charge in [0.25, 0.3) is 0 Å². The summed E-state index contributed by atoms with van der Waals surface area (Å²) in [6.45, 7) is 0.771. The molecule has 2 aromatic rings. The SMILES string of the molecule is O=C(O)c1occc1CNCc1ncon1. The van der Waals surface area contributed by atoms with Crippen molar-refractivity contribution < 1.29 is 18.8 Å². The van der Waals surface area contributed by atoms with E-state index in [0.29, 0.717) is 24.5 Å². The molecule has 0 aromatic carbocycles. The molecule has 0 aliphatic carbocycles. The van der Waals surface area contributed by atoms with Gasteiger partial charge in [-0.1, -0.05) is 5.16 Å². The van der Waals surface area contributed by atoms with Crippen LogP contribution < -0.4 is 5.32 Å². The van der Waals surface area contributed by atoms with Gasteiger partial charge in [0.1, 0.15) is 0 Å². The third-order valence-electron chi connectivity index (χ3n) is 1.95. The van der Waals surface area contributed by atoms with Crippen LogP contribution in [0, 0.1) is 0 Å². The lowest BCUT2D eigenvalue weighted by Crippen LogP contribution is -2.15. The van der Waals surface area contributed by atoms with Crippen molar-refractivity contribution in [1.29, 1.82) is 0 Å². The van der Waals surface area contributed by atoms with Gasteiger partial charge in [-0.05, 0) is 6.07 Å². The smallest absolute Gasteiger partial charge is 0.372 e. The summed E-state index contributed by atoms with van der Waals surface area (Å²) in [6, 6.07) is 1.60. The molecule has 0 amide bonds. The molecule has 0 saturated heterocycles. The first-order valence-electron chi connectivity index (χ1n) is 4.53. The molecule has 0 fully saturated rings. The minimum Gasteiger partial charge on any atom is -0.475 e. The lowest BCUT2D eigenvalue weighted by atomic mass is 10.2. The molecule has 2 N–H and O–H groups in total. The zero-order valence-electron chi connectivity index (χ0n) is 8.21. The maximum absolute atomic E-state index is 10.7. The molecule has 0 radical (unpaired) electrons. The van der Waals surface area contributed by atoms with E-state index in [1.54, 1.807) is 6.07 Å². The molecular weight excluding hydrogens is 214 g/mol. The van der Waals surface area contributed by atoms with Gasteiger partial charge in [-0.3, -0.25) is 0 Å². The normalized spacial score (nSPS) is 10.5. The highest BCUT2D eigenvalue weighted by molar-refractivity contribution is 5.86. The molecule has 0 unspecified atom stereocenters. The summed E-state index contributed by atoms with van der Waals surface area (Å²) < 4.78 is 9.37. The number of nitrogens with one attached hydrogen (secondary N) is 1. The summed E-state index contributed by atoms with van der Waals surface area (Å²) in [5, 5.41) is 15.4. The van der Waals surface area contributed by atoms with Crippen LogP contribution in [0.15, 0.2) is 27.7 Å². The molecule has 0 atom stereocenters. The molecule has 7 nitrogen and oxygen atoms in total. The molecule has 84 valence electrons. The van der Waals surface area contributed by atoms with Crippen molar-refractivity contribution in [2.75, 3.05) is 0 Å². The van der Waals surface area contributed by atoms with E-state index in [1.165, 1.54) is 12.7 Å². The van der Waals surface area contributed by atoms with E-state index in [4.69, 9.17) is 9.52 Å². The van der Waals surface area contributed by atoms with E-state index in [-0.39, 0.29) is 5.76 Å². The topological polar surface area (TPSA) is 101 Å². The van der Waals surface area contributed by atoms with Crippen molar-refractivity contribution in [2.45, 2.75) is 13.1 Å². The number of hydrogen-bond donors (Lipinski definition) is 2. The highest BCUT2D eigenvalue weighted by Gasteiger charge is 2.13. The van der Waals surface area contributed by atoms with Crippen LogP contribution >= 0.6 is 0 Å². The van der Waals surface area contributed by atoms with Gasteiger partial charge in [-0.25, -0.2) is 4.79 Å². The number of rotatable bonds is 5. The molecule has 0 spiro atoms. The highest BCUT2D eigenvalue weighted by Crippen LogP contribution is 2.10. The number of carboxylic acids is 1. The van der Waals surface area contributed by atoms with Crippen LogP contribution in [0.3, 0.4) is 0 Å². The first kappa shape index (κ1) is 10.4. The number of nitrogens with zero attached hydrogens (tertiary/aromatic N) is 2. The Bertz CT molecular complexity index is 463. The van der Waals surface area contributed by atoms with E-state index in [2.05, 4.69) is 20.0 Å². The average molecular weight is 223 g/mol. The Hall–Kier alpha value is -2.15. The summed E-state index contributed by atoms with van der Waals surface area (Å²) in [6.07, 6.45) is 2.58. The largest absolute Gasteiger partial charge is 0.475 e. The van der Waals surface area contributed by atoms with Gasteiger partial charge in [0.2, 0.25) is 12.2 Å². The fourth-order valence-corrected chi connectivity index (χ4v) is 1.24. The van der Waals surface area contributed by atoms with Crippen molar-refractivity contribution in [2.24, 2.45) is 0 Å². The molecule has 7 heteroatoms. The minimum atomic E-state index is -1.08. The second-order valence-electron chi connectivity index (χ2n) is 3.03. The Morgan fingerprint density at radius 1 is 1.50 bits per heavy atom. The molecule has 0 aliphatic heterocycles. The predicted octanol–water partition coefficient (Wildman–Crippen LogP) is 0.651.